The lowest BCUT2D eigenvalue weighted by Gasteiger charge is -2.03. The number of unbranched alkanes of at least 4 members (excludes halogenated alkanes) is 14. The standard InChI is InChI=1S/C19H35N3S/c1-2-3-4-5-6-7-8-9-10-11-12-13-14-15-16-17-18-20-19(23)22-21-18/h2-17H2,1H3. The van der Waals surface area contributed by atoms with E-state index in [0.717, 1.165) is 12.3 Å². The molecule has 0 saturated carbocycles. The second-order valence-corrected chi connectivity index (χ2v) is 7.08. The zero-order valence-electron chi connectivity index (χ0n) is 15.1. The van der Waals surface area contributed by atoms with Crippen molar-refractivity contribution in [1.29, 1.82) is 0 Å². The minimum absolute atomic E-state index is 0.390. The fourth-order valence-corrected chi connectivity index (χ4v) is 3.16. The Labute approximate surface area is 148 Å². The van der Waals surface area contributed by atoms with Gasteiger partial charge in [-0.15, -0.1) is 10.2 Å². The monoisotopic (exact) mass is 337 g/mol. The molecule has 0 aromatic rings. The van der Waals surface area contributed by atoms with Crippen molar-refractivity contribution >= 4 is 23.2 Å². The molecule has 0 aromatic carbocycles. The molecule has 0 saturated heterocycles. The highest BCUT2D eigenvalue weighted by molar-refractivity contribution is 7.80. The van der Waals surface area contributed by atoms with Gasteiger partial charge >= 0.3 is 0 Å². The minimum Gasteiger partial charge on any atom is -0.200 e. The molecule has 0 spiro atoms. The Bertz CT molecular complexity index is 364. The number of amidine groups is 1. The van der Waals surface area contributed by atoms with E-state index in [1.165, 1.54) is 96.3 Å². The minimum atomic E-state index is 0.390. The molecule has 1 aliphatic rings. The summed E-state index contributed by atoms with van der Waals surface area (Å²) in [5.74, 6) is 0.824. The zero-order valence-corrected chi connectivity index (χ0v) is 15.9. The molecule has 1 rings (SSSR count). The van der Waals surface area contributed by atoms with Crippen LogP contribution in [0.15, 0.2) is 15.2 Å². The van der Waals surface area contributed by atoms with Crippen LogP contribution in [-0.2, 0) is 0 Å². The van der Waals surface area contributed by atoms with E-state index < -0.39 is 0 Å². The first-order valence-electron chi connectivity index (χ1n) is 9.86. The molecule has 1 heterocycles. The van der Waals surface area contributed by atoms with Gasteiger partial charge in [0.05, 0.1) is 0 Å². The molecule has 0 aliphatic carbocycles. The first-order chi connectivity index (χ1) is 11.3. The molecule has 0 amide bonds. The fraction of sp³-hybridized carbons (Fsp3) is 0.895. The number of azo groups is 1. The van der Waals surface area contributed by atoms with Crippen molar-refractivity contribution < 1.29 is 0 Å². The van der Waals surface area contributed by atoms with Crippen LogP contribution in [0.5, 0.6) is 0 Å². The maximum Gasteiger partial charge on any atom is 0.241 e. The number of rotatable bonds is 16. The summed E-state index contributed by atoms with van der Waals surface area (Å²) in [5, 5.41) is 8.10. The molecule has 23 heavy (non-hydrogen) atoms. The third-order valence-electron chi connectivity index (χ3n) is 4.48. The SMILES string of the molecule is CCCCCCCCCCCCCCCCCC1=NC(=S)N=N1. The summed E-state index contributed by atoms with van der Waals surface area (Å²) in [4.78, 5) is 4.11. The maximum absolute atomic E-state index is 4.86. The Kier molecular flexibility index (Phi) is 13.2. The molecule has 1 aliphatic heterocycles. The van der Waals surface area contributed by atoms with Gasteiger partial charge in [0.25, 0.3) is 0 Å². The average Bonchev–Trinajstić information content (AvgIpc) is 2.96. The predicted molar refractivity (Wildman–Crippen MR) is 104 cm³/mol. The zero-order chi connectivity index (χ0) is 16.6. The molecule has 0 fully saturated rings. The van der Waals surface area contributed by atoms with Gasteiger partial charge in [-0.3, -0.25) is 0 Å². The van der Waals surface area contributed by atoms with Crippen molar-refractivity contribution in [2.24, 2.45) is 15.2 Å². The third-order valence-corrected chi connectivity index (χ3v) is 4.65. The van der Waals surface area contributed by atoms with Gasteiger partial charge in [0, 0.05) is 6.42 Å². The number of thiocarbonyl (C=S) groups is 1. The van der Waals surface area contributed by atoms with E-state index in [9.17, 15) is 0 Å². The highest BCUT2D eigenvalue weighted by Gasteiger charge is 2.05. The van der Waals surface area contributed by atoms with E-state index in [1.54, 1.807) is 0 Å². The lowest BCUT2D eigenvalue weighted by atomic mass is 10.0. The predicted octanol–water partition coefficient (Wildman–Crippen LogP) is 7.40. The molecule has 0 aromatic heterocycles. The van der Waals surface area contributed by atoms with Crippen LogP contribution in [-0.4, -0.2) is 10.9 Å². The first-order valence-corrected chi connectivity index (χ1v) is 10.3. The van der Waals surface area contributed by atoms with Crippen LogP contribution in [0.4, 0.5) is 0 Å². The quantitative estimate of drug-likeness (QED) is 0.213. The Hall–Kier alpha value is -0.640. The molecule has 0 bridgehead atoms. The summed E-state index contributed by atoms with van der Waals surface area (Å²) in [6.07, 6.45) is 21.8. The molecular weight excluding hydrogens is 302 g/mol. The van der Waals surface area contributed by atoms with Gasteiger partial charge in [0.1, 0.15) is 0 Å². The first kappa shape index (κ1) is 20.4. The molecule has 4 heteroatoms. The van der Waals surface area contributed by atoms with Gasteiger partial charge in [0.15, 0.2) is 5.84 Å². The summed E-state index contributed by atoms with van der Waals surface area (Å²) in [5.41, 5.74) is 0. The van der Waals surface area contributed by atoms with Crippen LogP contribution in [0.3, 0.4) is 0 Å². The summed E-state index contributed by atoms with van der Waals surface area (Å²) in [6, 6.07) is 0. The van der Waals surface area contributed by atoms with Crippen LogP contribution >= 0.6 is 12.2 Å². The Balaban J connectivity index is 1.71. The second kappa shape index (κ2) is 14.9. The summed E-state index contributed by atoms with van der Waals surface area (Å²) in [6.45, 7) is 2.28. The van der Waals surface area contributed by atoms with E-state index in [1.807, 2.05) is 0 Å². The van der Waals surface area contributed by atoms with Gasteiger partial charge in [-0.2, -0.15) is 4.99 Å². The van der Waals surface area contributed by atoms with E-state index in [0.29, 0.717) is 5.11 Å². The van der Waals surface area contributed by atoms with Gasteiger partial charge in [-0.25, -0.2) is 0 Å². The molecule has 0 unspecified atom stereocenters. The van der Waals surface area contributed by atoms with Crippen molar-refractivity contribution in [3.8, 4) is 0 Å². The van der Waals surface area contributed by atoms with Crippen LogP contribution in [0.2, 0.25) is 0 Å². The highest BCUT2D eigenvalue weighted by Crippen LogP contribution is 2.14. The third kappa shape index (κ3) is 12.4. The maximum atomic E-state index is 4.86. The van der Waals surface area contributed by atoms with E-state index in [-0.39, 0.29) is 0 Å². The largest absolute Gasteiger partial charge is 0.241 e. The fourth-order valence-electron chi connectivity index (χ4n) is 3.02. The van der Waals surface area contributed by atoms with Crippen LogP contribution in [0.25, 0.3) is 0 Å². The van der Waals surface area contributed by atoms with Gasteiger partial charge < -0.3 is 0 Å². The van der Waals surface area contributed by atoms with Crippen LogP contribution < -0.4 is 0 Å². The Morgan fingerprint density at radius 3 is 1.43 bits per heavy atom. The van der Waals surface area contributed by atoms with Gasteiger partial charge in [-0.1, -0.05) is 96.8 Å². The topological polar surface area (TPSA) is 37.1 Å². The summed E-state index contributed by atoms with van der Waals surface area (Å²) in [7, 11) is 0. The molecule has 0 radical (unpaired) electrons. The molecular formula is C19H35N3S. The molecule has 3 nitrogen and oxygen atoms in total. The van der Waals surface area contributed by atoms with E-state index in [4.69, 9.17) is 12.2 Å². The average molecular weight is 338 g/mol. The van der Waals surface area contributed by atoms with E-state index in [2.05, 4.69) is 22.1 Å². The lowest BCUT2D eigenvalue weighted by molar-refractivity contribution is 0.533. The van der Waals surface area contributed by atoms with Crippen molar-refractivity contribution in [2.75, 3.05) is 0 Å². The molecule has 132 valence electrons. The smallest absolute Gasteiger partial charge is 0.200 e. The van der Waals surface area contributed by atoms with E-state index >= 15 is 0 Å². The Morgan fingerprint density at radius 2 is 1.04 bits per heavy atom. The van der Waals surface area contributed by atoms with Gasteiger partial charge in [0.2, 0.25) is 5.11 Å². The number of hydrogen-bond donors (Lipinski definition) is 0. The van der Waals surface area contributed by atoms with Crippen LogP contribution in [0.1, 0.15) is 110 Å². The van der Waals surface area contributed by atoms with Crippen molar-refractivity contribution in [3.05, 3.63) is 0 Å². The summed E-state index contributed by atoms with van der Waals surface area (Å²) >= 11 is 4.86. The second-order valence-electron chi connectivity index (χ2n) is 6.71. The number of hydrogen-bond acceptors (Lipinski definition) is 2. The van der Waals surface area contributed by atoms with Gasteiger partial charge in [-0.05, 0) is 18.6 Å². The normalized spacial score (nSPS) is 13.8. The molecule has 0 atom stereocenters. The van der Waals surface area contributed by atoms with Crippen molar-refractivity contribution in [3.63, 3.8) is 0 Å². The highest BCUT2D eigenvalue weighted by atomic mass is 32.1. The summed E-state index contributed by atoms with van der Waals surface area (Å²) < 4.78 is 0. The van der Waals surface area contributed by atoms with Crippen molar-refractivity contribution in [2.45, 2.75) is 110 Å². The van der Waals surface area contributed by atoms with Crippen molar-refractivity contribution in [1.82, 2.24) is 0 Å². The number of aliphatic imine (C=N–C) groups is 1. The lowest BCUT2D eigenvalue weighted by Crippen LogP contribution is -1.91. The Morgan fingerprint density at radius 1 is 0.609 bits per heavy atom. The molecule has 0 N–H and O–H groups in total. The van der Waals surface area contributed by atoms with Crippen LogP contribution in [0, 0.1) is 0 Å². The number of nitrogens with zero attached hydrogens (tertiary/aromatic N) is 3.